The van der Waals surface area contributed by atoms with Gasteiger partial charge < -0.3 is 16.8 Å². The molecule has 0 aromatic carbocycles. The molecule has 2 rings (SSSR count). The number of nitrogens with two attached hydrogens (primary N) is 2. The molecule has 0 saturated carbocycles. The number of anilines is 2. The second-order valence-electron chi connectivity index (χ2n) is 3.39. The molecule has 2 aromatic heterocycles. The number of nitrogens with one attached hydrogen (secondary N) is 1. The van der Waals surface area contributed by atoms with Crippen LogP contribution in [0.2, 0.25) is 0 Å². The van der Waals surface area contributed by atoms with Crippen molar-refractivity contribution in [3.05, 3.63) is 28.0 Å². The summed E-state index contributed by atoms with van der Waals surface area (Å²) in [6.07, 6.45) is 0.897. The van der Waals surface area contributed by atoms with Crippen molar-refractivity contribution in [1.82, 2.24) is 4.37 Å². The zero-order chi connectivity index (χ0) is 12.3. The number of amides is 1. The summed E-state index contributed by atoms with van der Waals surface area (Å²) in [6, 6.07) is 4.09. The maximum atomic E-state index is 11.2. The van der Waals surface area contributed by atoms with E-state index in [0.717, 1.165) is 24.5 Å². The summed E-state index contributed by atoms with van der Waals surface area (Å²) in [5, 5.41) is 5.82. The third-order valence-electron chi connectivity index (χ3n) is 2.20. The first-order valence-electron chi connectivity index (χ1n) is 4.99. The SMILES string of the molecule is NC(=O)c1c(N)nsc1NCCc1cccs1. The molecule has 7 heteroatoms. The van der Waals surface area contributed by atoms with Crippen LogP contribution in [0.15, 0.2) is 17.5 Å². The Balaban J connectivity index is 1.97. The van der Waals surface area contributed by atoms with Gasteiger partial charge in [0.25, 0.3) is 5.91 Å². The van der Waals surface area contributed by atoms with Gasteiger partial charge in [0.05, 0.1) is 0 Å². The summed E-state index contributed by atoms with van der Waals surface area (Å²) in [4.78, 5) is 12.5. The van der Waals surface area contributed by atoms with E-state index in [1.807, 2.05) is 11.4 Å². The van der Waals surface area contributed by atoms with Crippen molar-refractivity contribution in [2.45, 2.75) is 6.42 Å². The van der Waals surface area contributed by atoms with Gasteiger partial charge in [-0.2, -0.15) is 4.37 Å². The molecule has 90 valence electrons. The first-order chi connectivity index (χ1) is 8.18. The average molecular weight is 268 g/mol. The molecular formula is C10H12N4OS2. The molecule has 0 atom stereocenters. The van der Waals surface area contributed by atoms with Crippen LogP contribution in [0.25, 0.3) is 0 Å². The Morgan fingerprint density at radius 1 is 1.53 bits per heavy atom. The lowest BCUT2D eigenvalue weighted by Gasteiger charge is -2.03. The smallest absolute Gasteiger partial charge is 0.255 e. The molecule has 0 fully saturated rings. The van der Waals surface area contributed by atoms with E-state index >= 15 is 0 Å². The largest absolute Gasteiger partial charge is 0.382 e. The van der Waals surface area contributed by atoms with E-state index in [1.165, 1.54) is 4.88 Å². The monoisotopic (exact) mass is 268 g/mol. The lowest BCUT2D eigenvalue weighted by atomic mass is 10.3. The molecule has 17 heavy (non-hydrogen) atoms. The molecule has 0 spiro atoms. The third-order valence-corrected chi connectivity index (χ3v) is 3.96. The van der Waals surface area contributed by atoms with Crippen LogP contribution in [-0.2, 0) is 6.42 Å². The lowest BCUT2D eigenvalue weighted by molar-refractivity contribution is 0.100. The Bertz CT molecular complexity index is 506. The van der Waals surface area contributed by atoms with Crippen LogP contribution < -0.4 is 16.8 Å². The quantitative estimate of drug-likeness (QED) is 0.766. The highest BCUT2D eigenvalue weighted by Gasteiger charge is 2.15. The Morgan fingerprint density at radius 3 is 3.00 bits per heavy atom. The molecule has 5 nitrogen and oxygen atoms in total. The Kier molecular flexibility index (Phi) is 3.60. The van der Waals surface area contributed by atoms with Crippen molar-refractivity contribution in [3.63, 3.8) is 0 Å². The summed E-state index contributed by atoms with van der Waals surface area (Å²) in [7, 11) is 0. The van der Waals surface area contributed by atoms with E-state index in [2.05, 4.69) is 15.8 Å². The third kappa shape index (κ3) is 2.75. The van der Waals surface area contributed by atoms with Crippen molar-refractivity contribution in [2.75, 3.05) is 17.6 Å². The molecule has 5 N–H and O–H groups in total. The predicted octanol–water partition coefficient (Wildman–Crippen LogP) is 1.54. The topological polar surface area (TPSA) is 94.0 Å². The van der Waals surface area contributed by atoms with Crippen molar-refractivity contribution in [2.24, 2.45) is 5.73 Å². The summed E-state index contributed by atoms with van der Waals surface area (Å²) >= 11 is 2.86. The Hall–Kier alpha value is -1.60. The standard InChI is InChI=1S/C10H12N4OS2/c11-8-7(9(12)15)10(17-14-8)13-4-3-6-2-1-5-16-6/h1-2,5,13H,3-4H2,(H2,11,14)(H2,12,15). The van der Waals surface area contributed by atoms with Crippen LogP contribution in [0.5, 0.6) is 0 Å². The van der Waals surface area contributed by atoms with E-state index in [1.54, 1.807) is 11.3 Å². The fraction of sp³-hybridized carbons (Fsp3) is 0.200. The second-order valence-corrected chi connectivity index (χ2v) is 5.20. The zero-order valence-corrected chi connectivity index (χ0v) is 10.6. The van der Waals surface area contributed by atoms with Gasteiger partial charge in [0.15, 0.2) is 5.82 Å². The first kappa shape index (κ1) is 11.9. The van der Waals surface area contributed by atoms with Gasteiger partial charge in [-0.3, -0.25) is 4.79 Å². The molecular weight excluding hydrogens is 256 g/mol. The van der Waals surface area contributed by atoms with Gasteiger partial charge in [0.1, 0.15) is 10.6 Å². The summed E-state index contributed by atoms with van der Waals surface area (Å²) < 4.78 is 3.91. The number of primary amides is 1. The maximum absolute atomic E-state index is 11.2. The summed E-state index contributed by atoms with van der Waals surface area (Å²) in [5.41, 5.74) is 11.1. The average Bonchev–Trinajstić information content (AvgIpc) is 2.88. The predicted molar refractivity (Wildman–Crippen MR) is 71.6 cm³/mol. The van der Waals surface area contributed by atoms with E-state index in [-0.39, 0.29) is 5.82 Å². The van der Waals surface area contributed by atoms with Crippen LogP contribution in [0.3, 0.4) is 0 Å². The number of thiophene rings is 1. The maximum Gasteiger partial charge on any atom is 0.255 e. The van der Waals surface area contributed by atoms with Gasteiger partial charge in [-0.1, -0.05) is 6.07 Å². The van der Waals surface area contributed by atoms with Crippen LogP contribution in [0, 0.1) is 0 Å². The Labute approximate surface area is 107 Å². The van der Waals surface area contributed by atoms with Crippen LogP contribution in [0.1, 0.15) is 15.2 Å². The summed E-state index contributed by atoms with van der Waals surface area (Å²) in [5.74, 6) is -0.351. The highest BCUT2D eigenvalue weighted by molar-refractivity contribution is 7.11. The zero-order valence-electron chi connectivity index (χ0n) is 8.97. The van der Waals surface area contributed by atoms with E-state index < -0.39 is 5.91 Å². The van der Waals surface area contributed by atoms with Crippen molar-refractivity contribution >= 4 is 39.6 Å². The van der Waals surface area contributed by atoms with Gasteiger partial charge in [-0.25, -0.2) is 0 Å². The highest BCUT2D eigenvalue weighted by Crippen LogP contribution is 2.26. The van der Waals surface area contributed by atoms with Crippen LogP contribution >= 0.6 is 22.9 Å². The molecule has 0 aliphatic carbocycles. The normalized spacial score (nSPS) is 10.4. The lowest BCUT2D eigenvalue weighted by Crippen LogP contribution is -2.15. The second kappa shape index (κ2) is 5.15. The number of hydrogen-bond acceptors (Lipinski definition) is 6. The minimum Gasteiger partial charge on any atom is -0.382 e. The van der Waals surface area contributed by atoms with Gasteiger partial charge in [-0.15, -0.1) is 11.3 Å². The number of nitrogen functional groups attached to an aromatic ring is 1. The summed E-state index contributed by atoms with van der Waals surface area (Å²) in [6.45, 7) is 0.725. The highest BCUT2D eigenvalue weighted by atomic mass is 32.1. The molecule has 0 aliphatic rings. The molecule has 0 saturated heterocycles. The fourth-order valence-corrected chi connectivity index (χ4v) is 2.87. The van der Waals surface area contributed by atoms with Gasteiger partial charge in [0, 0.05) is 11.4 Å². The molecule has 2 aromatic rings. The van der Waals surface area contributed by atoms with Crippen LogP contribution in [0.4, 0.5) is 10.8 Å². The van der Waals surface area contributed by atoms with Crippen molar-refractivity contribution in [1.29, 1.82) is 0 Å². The molecule has 0 aliphatic heterocycles. The molecule has 0 unspecified atom stereocenters. The van der Waals surface area contributed by atoms with E-state index in [4.69, 9.17) is 11.5 Å². The minimum absolute atomic E-state index is 0.195. The number of carbonyl (C=O) groups excluding carboxylic acids is 1. The minimum atomic E-state index is -0.546. The Morgan fingerprint density at radius 2 is 2.35 bits per heavy atom. The van der Waals surface area contributed by atoms with Gasteiger partial charge in [-0.05, 0) is 29.4 Å². The number of nitrogens with zero attached hydrogens (tertiary/aromatic N) is 1. The number of aromatic nitrogens is 1. The molecule has 2 heterocycles. The van der Waals surface area contributed by atoms with E-state index in [9.17, 15) is 4.79 Å². The number of rotatable bonds is 5. The van der Waals surface area contributed by atoms with E-state index in [0.29, 0.717) is 10.6 Å². The van der Waals surface area contributed by atoms with Crippen molar-refractivity contribution in [3.8, 4) is 0 Å². The van der Waals surface area contributed by atoms with Gasteiger partial charge >= 0.3 is 0 Å². The number of carbonyl (C=O) groups is 1. The van der Waals surface area contributed by atoms with Crippen LogP contribution in [-0.4, -0.2) is 16.8 Å². The number of hydrogen-bond donors (Lipinski definition) is 3. The molecule has 0 radical (unpaired) electrons. The fourth-order valence-electron chi connectivity index (χ4n) is 1.42. The van der Waals surface area contributed by atoms with Crippen molar-refractivity contribution < 1.29 is 4.79 Å². The molecule has 0 bridgehead atoms. The first-order valence-corrected chi connectivity index (χ1v) is 6.65. The van der Waals surface area contributed by atoms with Gasteiger partial charge in [0.2, 0.25) is 0 Å². The molecule has 1 amide bonds.